The molecule has 0 radical (unpaired) electrons. The van der Waals surface area contributed by atoms with Crippen LogP contribution in [-0.2, 0) is 0 Å². The first kappa shape index (κ1) is 12.9. The molecule has 1 saturated carbocycles. The van der Waals surface area contributed by atoms with Crippen molar-refractivity contribution < 1.29 is 14.6 Å². The van der Waals surface area contributed by atoms with Gasteiger partial charge in [0.05, 0.1) is 5.52 Å². The smallest absolute Gasteiger partial charge is 0.341 e. The molecule has 1 fully saturated rings. The van der Waals surface area contributed by atoms with Crippen LogP contribution in [0.25, 0.3) is 10.9 Å². The third-order valence-corrected chi connectivity index (χ3v) is 3.75. The van der Waals surface area contributed by atoms with E-state index in [9.17, 15) is 9.90 Å². The van der Waals surface area contributed by atoms with Crippen molar-refractivity contribution in [2.75, 3.05) is 0 Å². The number of aromatic nitrogens is 1. The maximum Gasteiger partial charge on any atom is 0.341 e. The molecular formula is C16H17NO3. The van der Waals surface area contributed by atoms with Crippen LogP contribution in [0, 0.1) is 0 Å². The second-order valence-corrected chi connectivity index (χ2v) is 5.22. The van der Waals surface area contributed by atoms with E-state index in [1.807, 2.05) is 24.3 Å². The predicted octanol–water partition coefficient (Wildman–Crippen LogP) is 3.64. The van der Waals surface area contributed by atoms with Crippen LogP contribution in [0.5, 0.6) is 5.88 Å². The fourth-order valence-electron chi connectivity index (χ4n) is 2.68. The van der Waals surface area contributed by atoms with Gasteiger partial charge in [-0.1, -0.05) is 24.6 Å². The molecule has 0 amide bonds. The number of benzene rings is 1. The highest BCUT2D eigenvalue weighted by molar-refractivity contribution is 5.95. The Bertz CT molecular complexity index is 633. The molecule has 0 unspecified atom stereocenters. The van der Waals surface area contributed by atoms with Gasteiger partial charge < -0.3 is 9.84 Å². The summed E-state index contributed by atoms with van der Waals surface area (Å²) < 4.78 is 5.86. The van der Waals surface area contributed by atoms with Crippen molar-refractivity contribution in [3.05, 3.63) is 35.9 Å². The summed E-state index contributed by atoms with van der Waals surface area (Å²) >= 11 is 0. The van der Waals surface area contributed by atoms with E-state index in [0.717, 1.165) is 36.6 Å². The lowest BCUT2D eigenvalue weighted by Crippen LogP contribution is -2.21. The molecule has 1 N–H and O–H groups in total. The molecule has 0 atom stereocenters. The highest BCUT2D eigenvalue weighted by atomic mass is 16.5. The molecule has 1 aromatic heterocycles. The lowest BCUT2D eigenvalue weighted by molar-refractivity contribution is 0.0684. The second kappa shape index (κ2) is 5.49. The summed E-state index contributed by atoms with van der Waals surface area (Å²) in [5.74, 6) is -0.739. The number of carbonyl (C=O) groups is 1. The standard InChI is InChI=1S/C16H17NO3/c18-16(19)13-10-11-6-4-5-9-14(11)17-15(13)20-12-7-2-1-3-8-12/h4-6,9-10,12H,1-3,7-8H2,(H,18,19). The molecule has 3 rings (SSSR count). The summed E-state index contributed by atoms with van der Waals surface area (Å²) in [7, 11) is 0. The SMILES string of the molecule is O=C(O)c1cc2ccccc2nc1OC1CCCCC1. The number of carboxylic acid groups (broad SMARTS) is 1. The van der Waals surface area contributed by atoms with E-state index in [1.54, 1.807) is 6.07 Å². The van der Waals surface area contributed by atoms with Crippen LogP contribution in [0.2, 0.25) is 0 Å². The number of nitrogens with zero attached hydrogens (tertiary/aromatic N) is 1. The van der Waals surface area contributed by atoms with Crippen LogP contribution in [0.15, 0.2) is 30.3 Å². The van der Waals surface area contributed by atoms with Gasteiger partial charge in [0.15, 0.2) is 0 Å². The maximum atomic E-state index is 11.4. The van der Waals surface area contributed by atoms with Crippen LogP contribution in [0.4, 0.5) is 0 Å². The van der Waals surface area contributed by atoms with Gasteiger partial charge in [-0.3, -0.25) is 0 Å². The van der Waals surface area contributed by atoms with Crippen LogP contribution in [0.1, 0.15) is 42.5 Å². The average molecular weight is 271 g/mol. The summed E-state index contributed by atoms with van der Waals surface area (Å²) in [6.45, 7) is 0. The minimum atomic E-state index is -0.992. The number of rotatable bonds is 3. The highest BCUT2D eigenvalue weighted by Gasteiger charge is 2.20. The Morgan fingerprint density at radius 2 is 1.95 bits per heavy atom. The van der Waals surface area contributed by atoms with E-state index in [1.165, 1.54) is 6.42 Å². The van der Waals surface area contributed by atoms with E-state index in [4.69, 9.17) is 4.74 Å². The number of ether oxygens (including phenoxy) is 1. The molecule has 0 spiro atoms. The zero-order valence-corrected chi connectivity index (χ0v) is 11.2. The van der Waals surface area contributed by atoms with Crippen molar-refractivity contribution in [3.8, 4) is 5.88 Å². The Hall–Kier alpha value is -2.10. The number of fused-ring (bicyclic) bond motifs is 1. The Morgan fingerprint density at radius 3 is 2.70 bits per heavy atom. The molecule has 4 heteroatoms. The quantitative estimate of drug-likeness (QED) is 0.925. The molecule has 20 heavy (non-hydrogen) atoms. The van der Waals surface area contributed by atoms with Crippen LogP contribution in [-0.4, -0.2) is 22.2 Å². The van der Waals surface area contributed by atoms with Crippen molar-refractivity contribution in [1.29, 1.82) is 0 Å². The number of aromatic carboxylic acids is 1. The number of para-hydroxylation sites is 1. The van der Waals surface area contributed by atoms with E-state index >= 15 is 0 Å². The van der Waals surface area contributed by atoms with E-state index < -0.39 is 5.97 Å². The van der Waals surface area contributed by atoms with Crippen molar-refractivity contribution in [2.24, 2.45) is 0 Å². The molecule has 0 aliphatic heterocycles. The van der Waals surface area contributed by atoms with Crippen molar-refractivity contribution >= 4 is 16.9 Å². The summed E-state index contributed by atoms with van der Waals surface area (Å²) in [6, 6.07) is 9.13. The molecule has 2 aromatic rings. The van der Waals surface area contributed by atoms with E-state index in [2.05, 4.69) is 4.98 Å². The molecule has 1 aliphatic rings. The van der Waals surface area contributed by atoms with E-state index in [0.29, 0.717) is 0 Å². The van der Waals surface area contributed by atoms with Gasteiger partial charge in [-0.25, -0.2) is 9.78 Å². The second-order valence-electron chi connectivity index (χ2n) is 5.22. The predicted molar refractivity (Wildman–Crippen MR) is 76.2 cm³/mol. The minimum absolute atomic E-state index is 0.0931. The fraction of sp³-hybridized carbons (Fsp3) is 0.375. The first-order valence-electron chi connectivity index (χ1n) is 7.04. The Balaban J connectivity index is 1.98. The Kier molecular flexibility index (Phi) is 3.54. The number of hydrogen-bond acceptors (Lipinski definition) is 3. The third-order valence-electron chi connectivity index (χ3n) is 3.75. The molecular weight excluding hydrogens is 254 g/mol. The zero-order chi connectivity index (χ0) is 13.9. The summed E-state index contributed by atoms with van der Waals surface area (Å²) in [6.07, 6.45) is 5.56. The minimum Gasteiger partial charge on any atom is -0.477 e. The zero-order valence-electron chi connectivity index (χ0n) is 11.2. The van der Waals surface area contributed by atoms with Crippen molar-refractivity contribution in [3.63, 3.8) is 0 Å². The van der Waals surface area contributed by atoms with Gasteiger partial charge in [-0.15, -0.1) is 0 Å². The number of pyridine rings is 1. The van der Waals surface area contributed by atoms with Crippen LogP contribution < -0.4 is 4.74 Å². The van der Waals surface area contributed by atoms with Gasteiger partial charge in [0, 0.05) is 5.39 Å². The van der Waals surface area contributed by atoms with Crippen LogP contribution in [0.3, 0.4) is 0 Å². The van der Waals surface area contributed by atoms with Gasteiger partial charge in [-0.05, 0) is 37.8 Å². The normalized spacial score (nSPS) is 16.2. The van der Waals surface area contributed by atoms with Crippen molar-refractivity contribution in [2.45, 2.75) is 38.2 Å². The average Bonchev–Trinajstić information content (AvgIpc) is 2.47. The monoisotopic (exact) mass is 271 g/mol. The first-order valence-corrected chi connectivity index (χ1v) is 7.04. The molecule has 4 nitrogen and oxygen atoms in total. The number of hydrogen-bond donors (Lipinski definition) is 1. The number of carboxylic acids is 1. The molecule has 1 aliphatic carbocycles. The summed E-state index contributed by atoms with van der Waals surface area (Å²) in [5, 5.41) is 10.2. The maximum absolute atomic E-state index is 11.4. The highest BCUT2D eigenvalue weighted by Crippen LogP contribution is 2.27. The summed E-state index contributed by atoms with van der Waals surface area (Å²) in [4.78, 5) is 15.8. The van der Waals surface area contributed by atoms with Crippen LogP contribution >= 0.6 is 0 Å². The Morgan fingerprint density at radius 1 is 1.20 bits per heavy atom. The van der Waals surface area contributed by atoms with Gasteiger partial charge in [-0.2, -0.15) is 0 Å². The summed E-state index contributed by atoms with van der Waals surface area (Å²) in [5.41, 5.74) is 0.914. The first-order chi connectivity index (χ1) is 9.74. The van der Waals surface area contributed by atoms with Gasteiger partial charge >= 0.3 is 5.97 Å². The molecule has 1 aromatic carbocycles. The largest absolute Gasteiger partial charge is 0.477 e. The molecule has 0 saturated heterocycles. The molecule has 0 bridgehead atoms. The van der Waals surface area contributed by atoms with Gasteiger partial charge in [0.25, 0.3) is 0 Å². The third kappa shape index (κ3) is 2.59. The lowest BCUT2D eigenvalue weighted by atomic mass is 9.98. The fourth-order valence-corrected chi connectivity index (χ4v) is 2.68. The van der Waals surface area contributed by atoms with Crippen molar-refractivity contribution in [1.82, 2.24) is 4.98 Å². The Labute approximate surface area is 117 Å². The molecule has 104 valence electrons. The van der Waals surface area contributed by atoms with E-state index in [-0.39, 0.29) is 17.5 Å². The van der Waals surface area contributed by atoms with Gasteiger partial charge in [0.1, 0.15) is 11.7 Å². The van der Waals surface area contributed by atoms with Gasteiger partial charge in [0.2, 0.25) is 5.88 Å². The lowest BCUT2D eigenvalue weighted by Gasteiger charge is -2.23. The molecule has 1 heterocycles. The topological polar surface area (TPSA) is 59.4 Å².